The standard InChI is InChI=1S/C7H13N5OS/c1-5(14-2)3-4-8-7(13)6-9-11-12-10-6/h5H,3-4H2,1-2H3,(H,8,13)(H,9,10,11,12). The minimum atomic E-state index is -0.285. The summed E-state index contributed by atoms with van der Waals surface area (Å²) < 4.78 is 0. The summed E-state index contributed by atoms with van der Waals surface area (Å²) in [4.78, 5) is 11.3. The second kappa shape index (κ2) is 5.58. The molecule has 0 aromatic carbocycles. The molecule has 14 heavy (non-hydrogen) atoms. The van der Waals surface area contributed by atoms with E-state index in [-0.39, 0.29) is 11.7 Å². The molecule has 1 unspecified atom stereocenters. The van der Waals surface area contributed by atoms with Crippen LogP contribution >= 0.6 is 11.8 Å². The molecule has 7 heteroatoms. The van der Waals surface area contributed by atoms with Crippen molar-refractivity contribution in [2.24, 2.45) is 0 Å². The average molecular weight is 215 g/mol. The van der Waals surface area contributed by atoms with Gasteiger partial charge < -0.3 is 5.32 Å². The number of rotatable bonds is 5. The van der Waals surface area contributed by atoms with Gasteiger partial charge in [0, 0.05) is 11.8 Å². The van der Waals surface area contributed by atoms with Crippen LogP contribution in [0.1, 0.15) is 24.0 Å². The van der Waals surface area contributed by atoms with E-state index in [0.717, 1.165) is 6.42 Å². The molecule has 0 bridgehead atoms. The maximum atomic E-state index is 11.3. The predicted octanol–water partition coefficient (Wildman–Crippen LogP) is 0.0711. The first-order valence-electron chi connectivity index (χ1n) is 4.28. The van der Waals surface area contributed by atoms with E-state index < -0.39 is 0 Å². The largest absolute Gasteiger partial charge is 0.349 e. The predicted molar refractivity (Wildman–Crippen MR) is 54.1 cm³/mol. The van der Waals surface area contributed by atoms with E-state index in [9.17, 15) is 4.79 Å². The second-order valence-corrected chi connectivity index (χ2v) is 4.10. The van der Waals surface area contributed by atoms with E-state index in [1.54, 1.807) is 11.8 Å². The molecular weight excluding hydrogens is 202 g/mol. The highest BCUT2D eigenvalue weighted by Crippen LogP contribution is 2.07. The lowest BCUT2D eigenvalue weighted by molar-refractivity contribution is 0.0943. The number of hydrogen-bond acceptors (Lipinski definition) is 5. The lowest BCUT2D eigenvalue weighted by Gasteiger charge is -2.07. The highest BCUT2D eigenvalue weighted by molar-refractivity contribution is 7.99. The molecule has 0 aliphatic carbocycles. The van der Waals surface area contributed by atoms with Crippen LogP contribution in [0, 0.1) is 0 Å². The fourth-order valence-corrected chi connectivity index (χ4v) is 1.20. The molecule has 0 fully saturated rings. The Kier molecular flexibility index (Phi) is 4.37. The normalized spacial score (nSPS) is 12.4. The molecule has 78 valence electrons. The Morgan fingerprint density at radius 1 is 1.71 bits per heavy atom. The van der Waals surface area contributed by atoms with Crippen LogP contribution in [0.4, 0.5) is 0 Å². The fourth-order valence-electron chi connectivity index (χ4n) is 0.844. The number of carbonyl (C=O) groups is 1. The van der Waals surface area contributed by atoms with Crippen LogP contribution in [-0.4, -0.2) is 44.6 Å². The number of H-pyrrole nitrogens is 1. The van der Waals surface area contributed by atoms with Crippen LogP contribution < -0.4 is 5.32 Å². The molecule has 1 aromatic heterocycles. The quantitative estimate of drug-likeness (QED) is 0.726. The number of tetrazole rings is 1. The van der Waals surface area contributed by atoms with Crippen LogP contribution in [0.2, 0.25) is 0 Å². The molecule has 0 aliphatic rings. The third-order valence-corrected chi connectivity index (χ3v) is 2.83. The summed E-state index contributed by atoms with van der Waals surface area (Å²) >= 11 is 1.77. The van der Waals surface area contributed by atoms with Crippen molar-refractivity contribution in [3.05, 3.63) is 5.82 Å². The minimum Gasteiger partial charge on any atom is -0.349 e. The highest BCUT2D eigenvalue weighted by atomic mass is 32.2. The summed E-state index contributed by atoms with van der Waals surface area (Å²) in [5.41, 5.74) is 0. The van der Waals surface area contributed by atoms with Gasteiger partial charge in [0.1, 0.15) is 0 Å². The van der Waals surface area contributed by atoms with Crippen molar-refractivity contribution in [2.45, 2.75) is 18.6 Å². The van der Waals surface area contributed by atoms with Gasteiger partial charge in [-0.25, -0.2) is 0 Å². The van der Waals surface area contributed by atoms with Gasteiger partial charge in [-0.2, -0.15) is 17.0 Å². The van der Waals surface area contributed by atoms with E-state index >= 15 is 0 Å². The van der Waals surface area contributed by atoms with Gasteiger partial charge in [-0.3, -0.25) is 4.79 Å². The SMILES string of the molecule is CSC(C)CCNC(=O)c1nn[nH]n1. The van der Waals surface area contributed by atoms with E-state index in [1.165, 1.54) is 0 Å². The number of nitrogens with zero attached hydrogens (tertiary/aromatic N) is 3. The summed E-state index contributed by atoms with van der Waals surface area (Å²) in [6, 6.07) is 0. The van der Waals surface area contributed by atoms with Crippen molar-refractivity contribution in [2.75, 3.05) is 12.8 Å². The van der Waals surface area contributed by atoms with Gasteiger partial charge in [-0.05, 0) is 17.9 Å². The molecular formula is C7H13N5OS. The first-order valence-corrected chi connectivity index (χ1v) is 5.57. The molecule has 1 atom stereocenters. The van der Waals surface area contributed by atoms with Crippen molar-refractivity contribution in [1.82, 2.24) is 25.9 Å². The maximum absolute atomic E-state index is 11.3. The zero-order valence-corrected chi connectivity index (χ0v) is 8.97. The van der Waals surface area contributed by atoms with Crippen molar-refractivity contribution >= 4 is 17.7 Å². The monoisotopic (exact) mass is 215 g/mol. The fraction of sp³-hybridized carbons (Fsp3) is 0.714. The second-order valence-electron chi connectivity index (χ2n) is 2.83. The number of aromatic nitrogens is 4. The number of hydrogen-bond donors (Lipinski definition) is 2. The van der Waals surface area contributed by atoms with Crippen molar-refractivity contribution in [3.8, 4) is 0 Å². The highest BCUT2D eigenvalue weighted by Gasteiger charge is 2.09. The molecule has 0 aliphatic heterocycles. The molecule has 0 radical (unpaired) electrons. The van der Waals surface area contributed by atoms with E-state index in [4.69, 9.17) is 0 Å². The molecule has 1 amide bonds. The van der Waals surface area contributed by atoms with Crippen molar-refractivity contribution < 1.29 is 4.79 Å². The number of carbonyl (C=O) groups excluding carboxylic acids is 1. The number of aromatic amines is 1. The van der Waals surface area contributed by atoms with Gasteiger partial charge in [0.15, 0.2) is 0 Å². The van der Waals surface area contributed by atoms with Crippen LogP contribution in [-0.2, 0) is 0 Å². The Labute approximate surface area is 86.2 Å². The minimum absolute atomic E-state index is 0.0850. The Balaban J connectivity index is 2.23. The molecule has 1 heterocycles. The van der Waals surface area contributed by atoms with E-state index in [0.29, 0.717) is 11.8 Å². The third kappa shape index (κ3) is 3.33. The molecule has 2 N–H and O–H groups in total. The zero-order valence-electron chi connectivity index (χ0n) is 8.15. The van der Waals surface area contributed by atoms with Crippen LogP contribution in [0.25, 0.3) is 0 Å². The van der Waals surface area contributed by atoms with Crippen LogP contribution in [0.5, 0.6) is 0 Å². The van der Waals surface area contributed by atoms with Crippen molar-refractivity contribution in [3.63, 3.8) is 0 Å². The summed E-state index contributed by atoms with van der Waals surface area (Å²) in [7, 11) is 0. The van der Waals surface area contributed by atoms with E-state index in [2.05, 4.69) is 32.9 Å². The van der Waals surface area contributed by atoms with Crippen LogP contribution in [0.3, 0.4) is 0 Å². The van der Waals surface area contributed by atoms with Crippen molar-refractivity contribution in [1.29, 1.82) is 0 Å². The summed E-state index contributed by atoms with van der Waals surface area (Å²) in [6.07, 6.45) is 2.98. The number of nitrogens with one attached hydrogen (secondary N) is 2. The van der Waals surface area contributed by atoms with E-state index in [1.807, 2.05) is 6.26 Å². The lowest BCUT2D eigenvalue weighted by Crippen LogP contribution is -2.27. The Hall–Kier alpha value is -1.11. The number of thioether (sulfide) groups is 1. The topological polar surface area (TPSA) is 83.6 Å². The summed E-state index contributed by atoms with van der Waals surface area (Å²) in [5, 5.41) is 15.9. The smallest absolute Gasteiger partial charge is 0.292 e. The van der Waals surface area contributed by atoms with Gasteiger partial charge in [-0.15, -0.1) is 10.2 Å². The first kappa shape index (κ1) is 11.0. The molecule has 1 aromatic rings. The molecule has 0 spiro atoms. The van der Waals surface area contributed by atoms with Gasteiger partial charge in [0.05, 0.1) is 0 Å². The van der Waals surface area contributed by atoms with Gasteiger partial charge in [0.2, 0.25) is 0 Å². The average Bonchev–Trinajstić information content (AvgIpc) is 2.70. The van der Waals surface area contributed by atoms with Gasteiger partial charge in [-0.1, -0.05) is 6.92 Å². The first-order chi connectivity index (χ1) is 6.74. The Morgan fingerprint density at radius 2 is 2.50 bits per heavy atom. The molecule has 1 rings (SSSR count). The maximum Gasteiger partial charge on any atom is 0.292 e. The van der Waals surface area contributed by atoms with Crippen LogP contribution in [0.15, 0.2) is 0 Å². The van der Waals surface area contributed by atoms with Gasteiger partial charge in [0.25, 0.3) is 11.7 Å². The molecule has 0 saturated carbocycles. The van der Waals surface area contributed by atoms with Gasteiger partial charge >= 0.3 is 0 Å². The molecule has 0 saturated heterocycles. The summed E-state index contributed by atoms with van der Waals surface area (Å²) in [6.45, 7) is 2.75. The Morgan fingerprint density at radius 3 is 3.07 bits per heavy atom. The number of amides is 1. The zero-order chi connectivity index (χ0) is 10.4. The molecule has 6 nitrogen and oxygen atoms in total. The Bertz CT molecular complexity index is 276. The summed E-state index contributed by atoms with van der Waals surface area (Å²) in [5.74, 6) is -0.200. The lowest BCUT2D eigenvalue weighted by atomic mass is 10.3. The third-order valence-electron chi connectivity index (χ3n) is 1.79.